The van der Waals surface area contributed by atoms with Crippen molar-refractivity contribution in [1.82, 2.24) is 33.9 Å². The van der Waals surface area contributed by atoms with Gasteiger partial charge in [0, 0.05) is 73.9 Å². The molecule has 0 radical (unpaired) electrons. The molecule has 1 saturated heterocycles. The maximum absolute atomic E-state index is 13.0. The van der Waals surface area contributed by atoms with E-state index in [4.69, 9.17) is 4.98 Å². The minimum absolute atomic E-state index is 0.0464. The third-order valence-corrected chi connectivity index (χ3v) is 7.64. The van der Waals surface area contributed by atoms with Gasteiger partial charge in [0.05, 0.1) is 11.9 Å². The van der Waals surface area contributed by atoms with E-state index in [-0.39, 0.29) is 17.5 Å². The highest BCUT2D eigenvalue weighted by atomic mass is 32.1. The fraction of sp³-hybridized carbons (Fsp3) is 0.480. The van der Waals surface area contributed by atoms with Gasteiger partial charge in [-0.05, 0) is 45.2 Å². The maximum atomic E-state index is 13.0. The van der Waals surface area contributed by atoms with E-state index in [1.165, 1.54) is 16.9 Å². The lowest BCUT2D eigenvalue weighted by Gasteiger charge is -2.34. The summed E-state index contributed by atoms with van der Waals surface area (Å²) in [6, 6.07) is 1.86. The number of hydrogen-bond acceptors (Lipinski definition) is 7. The molecule has 0 N–H and O–H groups in total. The van der Waals surface area contributed by atoms with Crippen LogP contribution in [0, 0.1) is 13.8 Å². The summed E-state index contributed by atoms with van der Waals surface area (Å²) in [5, 5.41) is 7.45. The molecular formula is C25H31N7O2S. The quantitative estimate of drug-likeness (QED) is 0.410. The number of nitrogens with zero attached hydrogens (tertiary/aromatic N) is 7. The van der Waals surface area contributed by atoms with Crippen LogP contribution in [0.4, 0.5) is 0 Å². The van der Waals surface area contributed by atoms with Crippen molar-refractivity contribution in [3.05, 3.63) is 56.7 Å². The molecule has 4 aromatic rings. The van der Waals surface area contributed by atoms with Crippen LogP contribution >= 0.6 is 11.3 Å². The first-order valence-corrected chi connectivity index (χ1v) is 13.0. The monoisotopic (exact) mass is 493 g/mol. The number of piperazine rings is 1. The summed E-state index contributed by atoms with van der Waals surface area (Å²) in [6.07, 6.45) is 4.79. The van der Waals surface area contributed by atoms with Gasteiger partial charge in [0.1, 0.15) is 0 Å². The van der Waals surface area contributed by atoms with Crippen molar-refractivity contribution in [2.24, 2.45) is 0 Å². The number of hydrogen-bond donors (Lipinski definition) is 0. The number of pyridine rings is 1. The van der Waals surface area contributed by atoms with E-state index in [0.29, 0.717) is 32.5 Å². The zero-order chi connectivity index (χ0) is 24.7. The second-order valence-corrected chi connectivity index (χ2v) is 10.4. The van der Waals surface area contributed by atoms with E-state index in [1.54, 1.807) is 16.7 Å². The predicted octanol–water partition coefficient (Wildman–Crippen LogP) is 2.98. The van der Waals surface area contributed by atoms with Crippen LogP contribution in [-0.4, -0.2) is 66.0 Å². The van der Waals surface area contributed by atoms with E-state index in [9.17, 15) is 9.59 Å². The number of fused-ring (bicyclic) bond motifs is 2. The van der Waals surface area contributed by atoms with Crippen LogP contribution in [0.1, 0.15) is 48.8 Å². The van der Waals surface area contributed by atoms with E-state index in [0.717, 1.165) is 46.0 Å². The Balaban J connectivity index is 1.19. The molecule has 0 aliphatic carbocycles. The minimum atomic E-state index is -0.0464. The highest BCUT2D eigenvalue weighted by molar-refractivity contribution is 7.15. The van der Waals surface area contributed by atoms with Gasteiger partial charge in [0.25, 0.3) is 5.56 Å². The third-order valence-electron chi connectivity index (χ3n) is 6.88. The topological polar surface area (TPSA) is 88.6 Å². The lowest BCUT2D eigenvalue weighted by molar-refractivity contribution is -0.133. The van der Waals surface area contributed by atoms with Crippen LogP contribution in [0.5, 0.6) is 0 Å². The van der Waals surface area contributed by atoms with Crippen molar-refractivity contribution in [3.63, 3.8) is 0 Å². The molecule has 1 aliphatic rings. The number of rotatable bonds is 6. The molecule has 1 aliphatic heterocycles. The van der Waals surface area contributed by atoms with Crippen molar-refractivity contribution < 1.29 is 4.79 Å². The number of thiazole rings is 1. The Morgan fingerprint density at radius 1 is 1.14 bits per heavy atom. The lowest BCUT2D eigenvalue weighted by Crippen LogP contribution is -2.48. The highest BCUT2D eigenvalue weighted by Gasteiger charge is 2.23. The predicted molar refractivity (Wildman–Crippen MR) is 137 cm³/mol. The van der Waals surface area contributed by atoms with Crippen LogP contribution in [0.25, 0.3) is 16.0 Å². The second kappa shape index (κ2) is 9.50. The molecule has 4 aromatic heterocycles. The van der Waals surface area contributed by atoms with Crippen molar-refractivity contribution in [3.8, 4) is 0 Å². The van der Waals surface area contributed by atoms with Gasteiger partial charge in [-0.1, -0.05) is 0 Å². The molecule has 1 fully saturated rings. The molecule has 35 heavy (non-hydrogen) atoms. The summed E-state index contributed by atoms with van der Waals surface area (Å²) in [6.45, 7) is 11.9. The molecule has 0 atom stereocenters. The van der Waals surface area contributed by atoms with Crippen LogP contribution in [0.2, 0.25) is 0 Å². The van der Waals surface area contributed by atoms with Gasteiger partial charge in [-0.3, -0.25) is 18.9 Å². The first-order valence-electron chi connectivity index (χ1n) is 12.1. The van der Waals surface area contributed by atoms with Crippen molar-refractivity contribution in [2.45, 2.75) is 53.1 Å². The Hall–Kier alpha value is -3.11. The van der Waals surface area contributed by atoms with Gasteiger partial charge < -0.3 is 4.90 Å². The summed E-state index contributed by atoms with van der Waals surface area (Å²) >= 11 is 1.46. The molecule has 10 heteroatoms. The largest absolute Gasteiger partial charge is 0.340 e. The highest BCUT2D eigenvalue weighted by Crippen LogP contribution is 2.25. The first kappa shape index (κ1) is 23.6. The molecule has 9 nitrogen and oxygen atoms in total. The van der Waals surface area contributed by atoms with Crippen molar-refractivity contribution in [1.29, 1.82) is 0 Å². The van der Waals surface area contributed by atoms with Crippen LogP contribution in [-0.2, 0) is 17.8 Å². The molecule has 0 spiro atoms. The van der Waals surface area contributed by atoms with Gasteiger partial charge in [-0.15, -0.1) is 11.3 Å². The summed E-state index contributed by atoms with van der Waals surface area (Å²) < 4.78 is 3.52. The summed E-state index contributed by atoms with van der Waals surface area (Å²) in [4.78, 5) is 39.6. The molecule has 0 unspecified atom stereocenters. The van der Waals surface area contributed by atoms with Gasteiger partial charge in [0.2, 0.25) is 5.91 Å². The zero-order valence-electron chi connectivity index (χ0n) is 20.7. The Labute approximate surface area is 208 Å². The van der Waals surface area contributed by atoms with Crippen molar-refractivity contribution in [2.75, 3.05) is 26.2 Å². The van der Waals surface area contributed by atoms with E-state index < -0.39 is 0 Å². The Morgan fingerprint density at radius 2 is 1.91 bits per heavy atom. The molecule has 5 rings (SSSR count). The molecule has 0 saturated carbocycles. The molecule has 1 amide bonds. The van der Waals surface area contributed by atoms with E-state index in [2.05, 4.69) is 35.8 Å². The van der Waals surface area contributed by atoms with Crippen LogP contribution in [0.15, 0.2) is 28.6 Å². The Kier molecular flexibility index (Phi) is 6.41. The van der Waals surface area contributed by atoms with Gasteiger partial charge in [-0.2, -0.15) is 5.10 Å². The average Bonchev–Trinajstić information content (AvgIpc) is 3.47. The standard InChI is InChI=1S/C25H31N7O2S/c1-16(2)32-24-21(14-26-32)17(3)20(18(4)27-24)5-6-22(33)30-9-7-29(8-10-30)15-19-13-23(34)31-11-12-35-25(31)28-19/h11-14,16H,5-10,15H2,1-4H3. The Morgan fingerprint density at radius 3 is 2.66 bits per heavy atom. The fourth-order valence-electron chi connectivity index (χ4n) is 4.88. The van der Waals surface area contributed by atoms with Gasteiger partial charge in [0.15, 0.2) is 10.6 Å². The maximum Gasteiger partial charge on any atom is 0.258 e. The zero-order valence-corrected chi connectivity index (χ0v) is 21.5. The van der Waals surface area contributed by atoms with Crippen LogP contribution in [0.3, 0.4) is 0 Å². The summed E-state index contributed by atoms with van der Waals surface area (Å²) in [5.41, 5.74) is 4.94. The van der Waals surface area contributed by atoms with Gasteiger partial charge in [-0.25, -0.2) is 14.6 Å². The van der Waals surface area contributed by atoms with E-state index >= 15 is 0 Å². The second-order valence-electron chi connectivity index (χ2n) is 9.52. The normalized spacial score (nSPS) is 15.1. The smallest absolute Gasteiger partial charge is 0.258 e. The number of carbonyl (C=O) groups is 1. The van der Waals surface area contributed by atoms with E-state index in [1.807, 2.05) is 28.1 Å². The molecule has 184 valence electrons. The number of aromatic nitrogens is 5. The van der Waals surface area contributed by atoms with Crippen LogP contribution < -0.4 is 5.56 Å². The minimum Gasteiger partial charge on any atom is -0.340 e. The van der Waals surface area contributed by atoms with Crippen molar-refractivity contribution >= 4 is 33.2 Å². The number of amides is 1. The summed E-state index contributed by atoms with van der Waals surface area (Å²) in [5.74, 6) is 0.179. The first-order chi connectivity index (χ1) is 16.8. The average molecular weight is 494 g/mol. The Bertz CT molecular complexity index is 1440. The lowest BCUT2D eigenvalue weighted by atomic mass is 10.00. The molecule has 0 bridgehead atoms. The molecular weight excluding hydrogens is 462 g/mol. The SMILES string of the molecule is Cc1nc2c(cnn2C(C)C)c(C)c1CCC(=O)N1CCN(Cc2cc(=O)n3ccsc3n2)CC1. The number of carbonyl (C=O) groups excluding carboxylic acids is 1. The fourth-order valence-corrected chi connectivity index (χ4v) is 5.62. The molecule has 5 heterocycles. The van der Waals surface area contributed by atoms with Gasteiger partial charge >= 0.3 is 0 Å². The molecule has 0 aromatic carbocycles. The third kappa shape index (κ3) is 4.60. The number of aryl methyl sites for hydroxylation is 2. The summed E-state index contributed by atoms with van der Waals surface area (Å²) in [7, 11) is 0.